The fraction of sp³-hybridized carbons (Fsp3) is 0.421. The van der Waals surface area contributed by atoms with Crippen molar-refractivity contribution >= 4 is 17.5 Å². The molecule has 0 bridgehead atoms. The number of nitrogens with one attached hydrogen (secondary N) is 2. The lowest BCUT2D eigenvalue weighted by Gasteiger charge is -2.31. The molecule has 1 fully saturated rings. The zero-order valence-electron chi connectivity index (χ0n) is 15.2. The molecule has 0 aliphatic carbocycles. The topological polar surface area (TPSA) is 87.3 Å². The van der Waals surface area contributed by atoms with Crippen molar-refractivity contribution in [3.63, 3.8) is 0 Å². The monoisotopic (exact) mass is 374 g/mol. The van der Waals surface area contributed by atoms with Crippen LogP contribution >= 0.6 is 0 Å². The molecule has 7 nitrogen and oxygen atoms in total. The molecule has 27 heavy (non-hydrogen) atoms. The van der Waals surface area contributed by atoms with E-state index in [1.54, 1.807) is 23.1 Å². The van der Waals surface area contributed by atoms with E-state index in [1.165, 1.54) is 12.1 Å². The highest BCUT2D eigenvalue weighted by atomic mass is 19.1. The van der Waals surface area contributed by atoms with Gasteiger partial charge >= 0.3 is 0 Å². The summed E-state index contributed by atoms with van der Waals surface area (Å²) in [5.74, 6) is -0.758. The van der Waals surface area contributed by atoms with E-state index in [2.05, 4.69) is 15.5 Å². The average molecular weight is 374 g/mol. The lowest BCUT2D eigenvalue weighted by Crippen LogP contribution is -2.40. The Hall–Kier alpha value is -2.74. The Morgan fingerprint density at radius 1 is 1.33 bits per heavy atom. The Bertz CT molecular complexity index is 800. The second kappa shape index (κ2) is 8.77. The van der Waals surface area contributed by atoms with E-state index in [9.17, 15) is 14.0 Å². The standard InChI is InChI=1S/C19H23FN4O3/c1-2-27-12-18(25)24-9-7-13(8-10-24)16-11-17(23-22-16)19(26)21-15-6-4-3-5-14(15)20/h3-6,11,13H,2,7-10,12H2,1H3,(H,21,26)(H,22,23). The number of para-hydroxylation sites is 1. The van der Waals surface area contributed by atoms with Gasteiger partial charge < -0.3 is 15.0 Å². The van der Waals surface area contributed by atoms with E-state index in [1.807, 2.05) is 6.92 Å². The van der Waals surface area contributed by atoms with Crippen LogP contribution in [0.3, 0.4) is 0 Å². The van der Waals surface area contributed by atoms with Gasteiger partial charge in [-0.3, -0.25) is 14.7 Å². The Morgan fingerprint density at radius 3 is 2.78 bits per heavy atom. The summed E-state index contributed by atoms with van der Waals surface area (Å²) in [4.78, 5) is 26.1. The van der Waals surface area contributed by atoms with E-state index in [0.717, 1.165) is 18.5 Å². The van der Waals surface area contributed by atoms with Crippen molar-refractivity contribution in [2.45, 2.75) is 25.7 Å². The summed E-state index contributed by atoms with van der Waals surface area (Å²) in [5, 5.41) is 9.48. The third-order valence-corrected chi connectivity index (χ3v) is 4.67. The van der Waals surface area contributed by atoms with Gasteiger partial charge in [-0.25, -0.2) is 4.39 Å². The highest BCUT2D eigenvalue weighted by Gasteiger charge is 2.25. The van der Waals surface area contributed by atoms with Gasteiger partial charge in [0.05, 0.1) is 5.69 Å². The molecule has 2 heterocycles. The van der Waals surface area contributed by atoms with E-state index in [-0.39, 0.29) is 29.8 Å². The van der Waals surface area contributed by atoms with Crippen LogP contribution in [0.1, 0.15) is 41.9 Å². The van der Waals surface area contributed by atoms with E-state index in [0.29, 0.717) is 19.7 Å². The predicted molar refractivity (Wildman–Crippen MR) is 98.0 cm³/mol. The second-order valence-electron chi connectivity index (χ2n) is 6.43. The number of aromatic amines is 1. The van der Waals surface area contributed by atoms with Crippen molar-refractivity contribution < 1.29 is 18.7 Å². The first-order valence-corrected chi connectivity index (χ1v) is 9.05. The maximum Gasteiger partial charge on any atom is 0.276 e. The lowest BCUT2D eigenvalue weighted by atomic mass is 9.93. The third-order valence-electron chi connectivity index (χ3n) is 4.67. The number of piperidine rings is 1. The van der Waals surface area contributed by atoms with Crippen molar-refractivity contribution in [2.75, 3.05) is 31.6 Å². The summed E-state index contributed by atoms with van der Waals surface area (Å²) in [6.45, 7) is 3.79. The van der Waals surface area contributed by atoms with Gasteiger partial charge in [0.2, 0.25) is 5.91 Å². The molecular formula is C19H23FN4O3. The minimum atomic E-state index is -0.495. The summed E-state index contributed by atoms with van der Waals surface area (Å²) < 4.78 is 18.8. The van der Waals surface area contributed by atoms with Crippen LogP contribution in [0.2, 0.25) is 0 Å². The lowest BCUT2D eigenvalue weighted by molar-refractivity contribution is -0.137. The second-order valence-corrected chi connectivity index (χ2v) is 6.43. The molecule has 0 spiro atoms. The first kappa shape index (κ1) is 19.0. The molecule has 144 valence electrons. The molecule has 8 heteroatoms. The highest BCUT2D eigenvalue weighted by Crippen LogP contribution is 2.27. The minimum Gasteiger partial charge on any atom is -0.372 e. The van der Waals surface area contributed by atoms with Crippen LogP contribution in [0, 0.1) is 5.82 Å². The van der Waals surface area contributed by atoms with Gasteiger partial charge in [0, 0.05) is 31.3 Å². The predicted octanol–water partition coefficient (Wildman–Crippen LogP) is 2.54. The average Bonchev–Trinajstić information content (AvgIpc) is 3.18. The number of carbonyl (C=O) groups is 2. The number of likely N-dealkylation sites (tertiary alicyclic amines) is 1. The zero-order chi connectivity index (χ0) is 19.2. The molecule has 2 amide bonds. The maximum atomic E-state index is 13.7. The van der Waals surface area contributed by atoms with Crippen molar-refractivity contribution in [3.05, 3.63) is 47.5 Å². The number of H-pyrrole nitrogens is 1. The summed E-state index contributed by atoms with van der Waals surface area (Å²) in [5.41, 5.74) is 1.18. The van der Waals surface area contributed by atoms with Crippen LogP contribution in [0.4, 0.5) is 10.1 Å². The fourth-order valence-corrected chi connectivity index (χ4v) is 3.13. The first-order valence-electron chi connectivity index (χ1n) is 9.05. The Kier molecular flexibility index (Phi) is 6.18. The van der Waals surface area contributed by atoms with Crippen molar-refractivity contribution in [3.8, 4) is 0 Å². The number of aromatic nitrogens is 2. The quantitative estimate of drug-likeness (QED) is 0.813. The molecule has 2 N–H and O–H groups in total. The molecule has 1 aliphatic rings. The van der Waals surface area contributed by atoms with E-state index < -0.39 is 11.7 Å². The number of hydrogen-bond acceptors (Lipinski definition) is 4. The van der Waals surface area contributed by atoms with Crippen LogP contribution in [0.15, 0.2) is 30.3 Å². The van der Waals surface area contributed by atoms with E-state index >= 15 is 0 Å². The molecule has 2 aromatic rings. The van der Waals surface area contributed by atoms with Gasteiger partial charge in [0.1, 0.15) is 12.4 Å². The van der Waals surface area contributed by atoms with Gasteiger partial charge in [-0.05, 0) is 38.0 Å². The molecule has 3 rings (SSSR count). The summed E-state index contributed by atoms with van der Waals surface area (Å²) in [6.07, 6.45) is 1.57. The van der Waals surface area contributed by atoms with Crippen LogP contribution in [-0.2, 0) is 9.53 Å². The van der Waals surface area contributed by atoms with Gasteiger partial charge in [-0.1, -0.05) is 12.1 Å². The number of anilines is 1. The molecule has 1 aliphatic heterocycles. The number of hydrogen-bond donors (Lipinski definition) is 2. The maximum absolute atomic E-state index is 13.7. The van der Waals surface area contributed by atoms with Crippen LogP contribution in [0.5, 0.6) is 0 Å². The number of benzene rings is 1. The van der Waals surface area contributed by atoms with Crippen LogP contribution < -0.4 is 5.32 Å². The number of ether oxygens (including phenoxy) is 1. The zero-order valence-corrected chi connectivity index (χ0v) is 15.2. The molecule has 1 saturated heterocycles. The van der Waals surface area contributed by atoms with Gasteiger partial charge in [0.15, 0.2) is 5.69 Å². The third kappa shape index (κ3) is 4.71. The molecule has 0 atom stereocenters. The fourth-order valence-electron chi connectivity index (χ4n) is 3.13. The number of rotatable bonds is 6. The summed E-state index contributed by atoms with van der Waals surface area (Å²) in [6, 6.07) is 7.68. The summed E-state index contributed by atoms with van der Waals surface area (Å²) in [7, 11) is 0. The van der Waals surface area contributed by atoms with Crippen molar-refractivity contribution in [1.82, 2.24) is 15.1 Å². The number of nitrogens with zero attached hydrogens (tertiary/aromatic N) is 2. The minimum absolute atomic E-state index is 0.00450. The Balaban J connectivity index is 1.56. The van der Waals surface area contributed by atoms with Crippen molar-refractivity contribution in [2.24, 2.45) is 0 Å². The smallest absolute Gasteiger partial charge is 0.276 e. The van der Waals surface area contributed by atoms with Gasteiger partial charge in [-0.15, -0.1) is 0 Å². The molecule has 0 saturated carbocycles. The molecule has 0 unspecified atom stereocenters. The molecular weight excluding hydrogens is 351 g/mol. The summed E-state index contributed by atoms with van der Waals surface area (Å²) >= 11 is 0. The van der Waals surface area contributed by atoms with Crippen LogP contribution in [-0.4, -0.2) is 53.2 Å². The molecule has 1 aromatic carbocycles. The largest absolute Gasteiger partial charge is 0.372 e. The number of carbonyl (C=O) groups excluding carboxylic acids is 2. The Morgan fingerprint density at radius 2 is 2.07 bits per heavy atom. The Labute approximate surface area is 156 Å². The SMILES string of the molecule is CCOCC(=O)N1CCC(c2cc(C(=O)Nc3ccccc3F)n[nH]2)CC1. The van der Waals surface area contributed by atoms with Gasteiger partial charge in [0.25, 0.3) is 5.91 Å². The number of halogens is 1. The van der Waals surface area contributed by atoms with E-state index in [4.69, 9.17) is 4.74 Å². The normalized spacial score (nSPS) is 15.0. The van der Waals surface area contributed by atoms with Crippen molar-refractivity contribution in [1.29, 1.82) is 0 Å². The first-order chi connectivity index (χ1) is 13.1. The molecule has 0 radical (unpaired) electrons. The number of amides is 2. The van der Waals surface area contributed by atoms with Gasteiger partial charge in [-0.2, -0.15) is 5.10 Å². The molecule has 1 aromatic heterocycles. The highest BCUT2D eigenvalue weighted by molar-refractivity contribution is 6.02. The van der Waals surface area contributed by atoms with Crippen LogP contribution in [0.25, 0.3) is 0 Å².